The maximum Gasteiger partial charge on any atom is 0.129 e. The summed E-state index contributed by atoms with van der Waals surface area (Å²) < 4.78 is 14.0. The van der Waals surface area contributed by atoms with E-state index in [1.807, 2.05) is 13.1 Å². The van der Waals surface area contributed by atoms with E-state index in [-0.39, 0.29) is 5.82 Å². The van der Waals surface area contributed by atoms with Gasteiger partial charge in [0.15, 0.2) is 0 Å². The van der Waals surface area contributed by atoms with Crippen molar-refractivity contribution in [2.75, 3.05) is 18.5 Å². The Morgan fingerprint density at radius 3 is 2.95 bits per heavy atom. The van der Waals surface area contributed by atoms with Crippen molar-refractivity contribution in [3.05, 3.63) is 29.6 Å². The van der Waals surface area contributed by atoms with Crippen LogP contribution >= 0.6 is 0 Å². The molecule has 1 atom stereocenters. The molecule has 3 heteroatoms. The van der Waals surface area contributed by atoms with E-state index < -0.39 is 0 Å². The Kier molecular flexibility index (Phi) is 5.20. The van der Waals surface area contributed by atoms with Gasteiger partial charge in [0.1, 0.15) is 5.82 Å². The molecule has 0 radical (unpaired) electrons. The molecule has 0 aromatic heterocycles. The van der Waals surface area contributed by atoms with E-state index in [9.17, 15) is 4.39 Å². The minimum atomic E-state index is -0.0901. The summed E-state index contributed by atoms with van der Waals surface area (Å²) in [6.07, 6.45) is 6.16. The van der Waals surface area contributed by atoms with Gasteiger partial charge in [0, 0.05) is 30.4 Å². The highest BCUT2D eigenvalue weighted by Gasteiger charge is 2.24. The monoisotopic (exact) mass is 264 g/mol. The smallest absolute Gasteiger partial charge is 0.129 e. The first kappa shape index (κ1) is 14.3. The van der Waals surface area contributed by atoms with Crippen molar-refractivity contribution in [3.8, 4) is 0 Å². The van der Waals surface area contributed by atoms with Crippen LogP contribution in [0.25, 0.3) is 0 Å². The Balaban J connectivity index is 2.30. The molecule has 1 N–H and O–H groups in total. The first-order chi connectivity index (χ1) is 9.27. The Morgan fingerprint density at radius 1 is 1.37 bits per heavy atom. The second-order valence-electron chi connectivity index (χ2n) is 5.40. The van der Waals surface area contributed by atoms with Gasteiger partial charge in [-0.1, -0.05) is 19.4 Å². The highest BCUT2D eigenvalue weighted by Crippen LogP contribution is 2.31. The van der Waals surface area contributed by atoms with E-state index in [0.29, 0.717) is 12.6 Å². The number of hydrogen-bond acceptors (Lipinski definition) is 2. The molecule has 1 aromatic carbocycles. The molecular weight excluding hydrogens is 239 g/mol. The molecule has 1 heterocycles. The Labute approximate surface area is 116 Å². The van der Waals surface area contributed by atoms with E-state index in [2.05, 4.69) is 23.2 Å². The molecular formula is C16H25FN2. The van der Waals surface area contributed by atoms with Gasteiger partial charge in [0.05, 0.1) is 0 Å². The van der Waals surface area contributed by atoms with Gasteiger partial charge < -0.3 is 10.2 Å². The second kappa shape index (κ2) is 6.90. The van der Waals surface area contributed by atoms with Crippen molar-refractivity contribution < 1.29 is 4.39 Å². The molecule has 1 fully saturated rings. The van der Waals surface area contributed by atoms with Crippen LogP contribution in [0.2, 0.25) is 0 Å². The van der Waals surface area contributed by atoms with Crippen LogP contribution in [-0.2, 0) is 6.54 Å². The molecule has 1 unspecified atom stereocenters. The average molecular weight is 264 g/mol. The molecule has 1 aromatic rings. The molecule has 0 aliphatic carbocycles. The van der Waals surface area contributed by atoms with Gasteiger partial charge in [-0.05, 0) is 44.9 Å². The van der Waals surface area contributed by atoms with Crippen molar-refractivity contribution in [1.29, 1.82) is 0 Å². The number of rotatable bonds is 5. The molecule has 0 amide bonds. The summed E-state index contributed by atoms with van der Waals surface area (Å²) in [5, 5.41) is 3.08. The summed E-state index contributed by atoms with van der Waals surface area (Å²) >= 11 is 0. The van der Waals surface area contributed by atoms with Crippen LogP contribution in [0.1, 0.15) is 44.6 Å². The van der Waals surface area contributed by atoms with Crippen molar-refractivity contribution >= 4 is 5.69 Å². The number of piperidine rings is 1. The summed E-state index contributed by atoms with van der Waals surface area (Å²) in [5.41, 5.74) is 1.90. The van der Waals surface area contributed by atoms with E-state index in [0.717, 1.165) is 17.8 Å². The third kappa shape index (κ3) is 3.27. The topological polar surface area (TPSA) is 15.3 Å². The van der Waals surface area contributed by atoms with Gasteiger partial charge in [0.25, 0.3) is 0 Å². The molecule has 1 aliphatic heterocycles. The minimum absolute atomic E-state index is 0.0901. The quantitative estimate of drug-likeness (QED) is 0.872. The second-order valence-corrected chi connectivity index (χ2v) is 5.40. The van der Waals surface area contributed by atoms with Crippen molar-refractivity contribution in [3.63, 3.8) is 0 Å². The Hall–Kier alpha value is -1.09. The number of halogens is 1. The minimum Gasteiger partial charge on any atom is -0.368 e. The summed E-state index contributed by atoms with van der Waals surface area (Å²) in [6, 6.07) is 6.05. The molecule has 0 spiro atoms. The largest absolute Gasteiger partial charge is 0.368 e. The zero-order valence-corrected chi connectivity index (χ0v) is 12.1. The van der Waals surface area contributed by atoms with Crippen LogP contribution in [0.5, 0.6) is 0 Å². The SMILES string of the molecule is CCCC1CCCCN1c1cccc(F)c1CNC. The lowest BCUT2D eigenvalue weighted by molar-refractivity contribution is 0.432. The zero-order chi connectivity index (χ0) is 13.7. The molecule has 106 valence electrons. The fourth-order valence-electron chi connectivity index (χ4n) is 3.12. The molecule has 1 saturated heterocycles. The van der Waals surface area contributed by atoms with Gasteiger partial charge >= 0.3 is 0 Å². The summed E-state index contributed by atoms with van der Waals surface area (Å²) in [4.78, 5) is 2.43. The molecule has 0 bridgehead atoms. The molecule has 0 saturated carbocycles. The van der Waals surface area contributed by atoms with Crippen LogP contribution in [0.15, 0.2) is 18.2 Å². The van der Waals surface area contributed by atoms with E-state index in [1.54, 1.807) is 6.07 Å². The maximum atomic E-state index is 14.0. The first-order valence-electron chi connectivity index (χ1n) is 7.46. The summed E-state index contributed by atoms with van der Waals surface area (Å²) in [6.45, 7) is 3.88. The highest BCUT2D eigenvalue weighted by molar-refractivity contribution is 5.55. The van der Waals surface area contributed by atoms with Crippen LogP contribution in [0.4, 0.5) is 10.1 Å². The Morgan fingerprint density at radius 2 is 2.21 bits per heavy atom. The summed E-state index contributed by atoms with van der Waals surface area (Å²) in [7, 11) is 1.87. The lowest BCUT2D eigenvalue weighted by Crippen LogP contribution is -2.40. The third-order valence-electron chi connectivity index (χ3n) is 4.01. The van der Waals surface area contributed by atoms with Crippen molar-refractivity contribution in [2.45, 2.75) is 51.6 Å². The predicted molar refractivity (Wildman–Crippen MR) is 79.1 cm³/mol. The van der Waals surface area contributed by atoms with Crippen LogP contribution in [-0.4, -0.2) is 19.6 Å². The van der Waals surface area contributed by atoms with E-state index >= 15 is 0 Å². The van der Waals surface area contributed by atoms with Gasteiger partial charge in [-0.25, -0.2) is 4.39 Å². The lowest BCUT2D eigenvalue weighted by Gasteiger charge is -2.39. The predicted octanol–water partition coefficient (Wildman–Crippen LogP) is 3.70. The number of benzene rings is 1. The number of nitrogens with one attached hydrogen (secondary N) is 1. The molecule has 2 rings (SSSR count). The standard InChI is InChI=1S/C16H25FN2/c1-3-7-13-8-4-5-11-19(13)16-10-6-9-15(17)14(16)12-18-2/h6,9-10,13,18H,3-5,7-8,11-12H2,1-2H3. The third-order valence-corrected chi connectivity index (χ3v) is 4.01. The highest BCUT2D eigenvalue weighted by atomic mass is 19.1. The van der Waals surface area contributed by atoms with Gasteiger partial charge in [-0.2, -0.15) is 0 Å². The van der Waals surface area contributed by atoms with Crippen LogP contribution < -0.4 is 10.2 Å². The average Bonchev–Trinajstić information content (AvgIpc) is 2.42. The number of nitrogens with zero attached hydrogens (tertiary/aromatic N) is 1. The normalized spacial score (nSPS) is 19.7. The molecule has 2 nitrogen and oxygen atoms in total. The fraction of sp³-hybridized carbons (Fsp3) is 0.625. The lowest BCUT2D eigenvalue weighted by atomic mass is 9.96. The summed E-state index contributed by atoms with van der Waals surface area (Å²) in [5.74, 6) is -0.0901. The molecule has 19 heavy (non-hydrogen) atoms. The number of hydrogen-bond donors (Lipinski definition) is 1. The fourth-order valence-corrected chi connectivity index (χ4v) is 3.12. The zero-order valence-electron chi connectivity index (χ0n) is 12.1. The Bertz CT molecular complexity index is 404. The van der Waals surface area contributed by atoms with Gasteiger partial charge in [0.2, 0.25) is 0 Å². The van der Waals surface area contributed by atoms with E-state index in [4.69, 9.17) is 0 Å². The van der Waals surface area contributed by atoms with Gasteiger partial charge in [-0.3, -0.25) is 0 Å². The first-order valence-corrected chi connectivity index (χ1v) is 7.46. The van der Waals surface area contributed by atoms with Crippen molar-refractivity contribution in [1.82, 2.24) is 5.32 Å². The number of anilines is 1. The van der Waals surface area contributed by atoms with Crippen LogP contribution in [0, 0.1) is 5.82 Å². The maximum absolute atomic E-state index is 14.0. The van der Waals surface area contributed by atoms with Gasteiger partial charge in [-0.15, -0.1) is 0 Å². The van der Waals surface area contributed by atoms with Crippen LogP contribution in [0.3, 0.4) is 0 Å². The molecule has 1 aliphatic rings. The van der Waals surface area contributed by atoms with E-state index in [1.165, 1.54) is 32.1 Å². The van der Waals surface area contributed by atoms with Crippen molar-refractivity contribution in [2.24, 2.45) is 0 Å².